The molecule has 3 heterocycles. The van der Waals surface area contributed by atoms with E-state index in [-0.39, 0.29) is 0 Å². The molecule has 3 rings (SSSR count). The van der Waals surface area contributed by atoms with E-state index in [1.807, 2.05) is 24.5 Å². The third-order valence-electron chi connectivity index (χ3n) is 3.37. The number of aromatic amines is 1. The molecule has 0 amide bonds. The van der Waals surface area contributed by atoms with Crippen LogP contribution in [-0.4, -0.2) is 46.3 Å². The summed E-state index contributed by atoms with van der Waals surface area (Å²) in [6.45, 7) is 5.02. The highest BCUT2D eigenvalue weighted by Gasteiger charge is 2.18. The van der Waals surface area contributed by atoms with Gasteiger partial charge in [-0.3, -0.25) is 10.00 Å². The summed E-state index contributed by atoms with van der Waals surface area (Å²) >= 11 is 5.86. The van der Waals surface area contributed by atoms with Gasteiger partial charge in [-0.2, -0.15) is 5.10 Å². The quantitative estimate of drug-likeness (QED) is 0.929. The third kappa shape index (κ3) is 3.05. The number of hydrogen-bond acceptors (Lipinski definition) is 4. The lowest BCUT2D eigenvalue weighted by Crippen LogP contribution is -2.46. The van der Waals surface area contributed by atoms with E-state index in [0.717, 1.165) is 38.5 Å². The van der Waals surface area contributed by atoms with Gasteiger partial charge in [0.05, 0.1) is 11.2 Å². The second-order valence-corrected chi connectivity index (χ2v) is 5.14. The monoisotopic (exact) mass is 277 g/mol. The van der Waals surface area contributed by atoms with Gasteiger partial charge in [0, 0.05) is 50.7 Å². The van der Waals surface area contributed by atoms with E-state index in [1.54, 1.807) is 6.20 Å². The van der Waals surface area contributed by atoms with E-state index in [2.05, 4.69) is 25.0 Å². The first-order valence-electron chi connectivity index (χ1n) is 6.38. The molecule has 0 radical (unpaired) electrons. The fraction of sp³-hybridized carbons (Fsp3) is 0.385. The Balaban J connectivity index is 1.56. The number of piperazine rings is 1. The Hall–Kier alpha value is -1.59. The molecule has 1 fully saturated rings. The zero-order valence-corrected chi connectivity index (χ0v) is 11.3. The van der Waals surface area contributed by atoms with Crippen LogP contribution in [0.1, 0.15) is 5.56 Å². The number of pyridine rings is 1. The molecule has 2 aromatic rings. The summed E-state index contributed by atoms with van der Waals surface area (Å²) in [5, 5.41) is 7.51. The highest BCUT2D eigenvalue weighted by Crippen LogP contribution is 2.16. The van der Waals surface area contributed by atoms with E-state index in [0.29, 0.717) is 5.02 Å². The van der Waals surface area contributed by atoms with Crippen LogP contribution in [-0.2, 0) is 6.54 Å². The second kappa shape index (κ2) is 5.59. The Morgan fingerprint density at radius 1 is 1.16 bits per heavy atom. The Morgan fingerprint density at radius 3 is 2.63 bits per heavy atom. The van der Waals surface area contributed by atoms with E-state index in [4.69, 9.17) is 11.6 Å². The number of hydrogen-bond donors (Lipinski definition) is 1. The maximum absolute atomic E-state index is 5.86. The minimum atomic E-state index is 0.683. The minimum absolute atomic E-state index is 0.683. The summed E-state index contributed by atoms with van der Waals surface area (Å²) in [6, 6.07) is 3.87. The summed E-state index contributed by atoms with van der Waals surface area (Å²) in [6.07, 6.45) is 5.54. The number of H-pyrrole nitrogens is 1. The largest absolute Gasteiger partial charge is 0.354 e. The van der Waals surface area contributed by atoms with Gasteiger partial charge in [-0.1, -0.05) is 11.6 Å². The van der Waals surface area contributed by atoms with Crippen molar-refractivity contribution in [3.05, 3.63) is 41.3 Å². The molecule has 0 unspecified atom stereocenters. The number of rotatable bonds is 3. The van der Waals surface area contributed by atoms with Gasteiger partial charge in [-0.15, -0.1) is 0 Å². The summed E-state index contributed by atoms with van der Waals surface area (Å²) in [4.78, 5) is 9.08. The predicted octanol–water partition coefficient (Wildman–Crippen LogP) is 1.78. The average Bonchev–Trinajstić information content (AvgIpc) is 2.94. The van der Waals surface area contributed by atoms with Gasteiger partial charge in [0.1, 0.15) is 5.82 Å². The predicted molar refractivity (Wildman–Crippen MR) is 75.3 cm³/mol. The molecule has 5 nitrogen and oxygen atoms in total. The van der Waals surface area contributed by atoms with Crippen LogP contribution in [0.2, 0.25) is 5.02 Å². The minimum Gasteiger partial charge on any atom is -0.354 e. The summed E-state index contributed by atoms with van der Waals surface area (Å²) in [5.74, 6) is 1.01. The topological polar surface area (TPSA) is 48.0 Å². The lowest BCUT2D eigenvalue weighted by atomic mass is 10.2. The maximum Gasteiger partial charge on any atom is 0.128 e. The molecule has 1 aliphatic heterocycles. The Bertz CT molecular complexity index is 502. The summed E-state index contributed by atoms with van der Waals surface area (Å²) < 4.78 is 0. The van der Waals surface area contributed by atoms with Gasteiger partial charge in [-0.25, -0.2) is 4.98 Å². The van der Waals surface area contributed by atoms with Gasteiger partial charge in [0.2, 0.25) is 0 Å². The molecule has 2 aromatic heterocycles. The molecular formula is C13H16ClN5. The standard InChI is InChI=1S/C13H16ClN5/c14-12-1-2-13(15-9-12)19-5-3-18(4-6-19)10-11-7-16-17-8-11/h1-2,7-9H,3-6,10H2,(H,16,17). The number of aromatic nitrogens is 3. The molecule has 0 aliphatic carbocycles. The van der Waals surface area contributed by atoms with Crippen LogP contribution < -0.4 is 4.90 Å². The van der Waals surface area contributed by atoms with Gasteiger partial charge in [0.25, 0.3) is 0 Å². The highest BCUT2D eigenvalue weighted by atomic mass is 35.5. The molecule has 1 saturated heterocycles. The Morgan fingerprint density at radius 2 is 2.00 bits per heavy atom. The fourth-order valence-corrected chi connectivity index (χ4v) is 2.42. The van der Waals surface area contributed by atoms with Gasteiger partial charge in [0.15, 0.2) is 0 Å². The van der Waals surface area contributed by atoms with Crippen molar-refractivity contribution >= 4 is 17.4 Å². The van der Waals surface area contributed by atoms with Crippen molar-refractivity contribution in [2.45, 2.75) is 6.54 Å². The van der Waals surface area contributed by atoms with Crippen molar-refractivity contribution < 1.29 is 0 Å². The molecule has 0 spiro atoms. The molecule has 0 aromatic carbocycles. The summed E-state index contributed by atoms with van der Waals surface area (Å²) in [7, 11) is 0. The van der Waals surface area contributed by atoms with Gasteiger partial charge in [-0.05, 0) is 12.1 Å². The third-order valence-corrected chi connectivity index (χ3v) is 3.59. The molecule has 0 saturated carbocycles. The number of halogens is 1. The lowest BCUT2D eigenvalue weighted by Gasteiger charge is -2.35. The fourth-order valence-electron chi connectivity index (χ4n) is 2.31. The number of anilines is 1. The van der Waals surface area contributed by atoms with Gasteiger partial charge < -0.3 is 4.90 Å². The highest BCUT2D eigenvalue weighted by molar-refractivity contribution is 6.30. The van der Waals surface area contributed by atoms with Crippen LogP contribution in [0, 0.1) is 0 Å². The van der Waals surface area contributed by atoms with Crippen LogP contribution in [0.25, 0.3) is 0 Å². The van der Waals surface area contributed by atoms with Crippen molar-refractivity contribution in [2.24, 2.45) is 0 Å². The molecule has 19 heavy (non-hydrogen) atoms. The first-order chi connectivity index (χ1) is 9.31. The zero-order chi connectivity index (χ0) is 13.1. The van der Waals surface area contributed by atoms with E-state index < -0.39 is 0 Å². The van der Waals surface area contributed by atoms with Crippen molar-refractivity contribution in [3.63, 3.8) is 0 Å². The van der Waals surface area contributed by atoms with Crippen LogP contribution >= 0.6 is 11.6 Å². The normalized spacial score (nSPS) is 16.8. The second-order valence-electron chi connectivity index (χ2n) is 4.70. The number of nitrogens with zero attached hydrogens (tertiary/aromatic N) is 4. The molecule has 1 aliphatic rings. The van der Waals surface area contributed by atoms with Crippen LogP contribution in [0.5, 0.6) is 0 Å². The van der Waals surface area contributed by atoms with E-state index in [9.17, 15) is 0 Å². The van der Waals surface area contributed by atoms with Crippen molar-refractivity contribution in [1.29, 1.82) is 0 Å². The smallest absolute Gasteiger partial charge is 0.128 e. The van der Waals surface area contributed by atoms with E-state index in [1.165, 1.54) is 5.56 Å². The maximum atomic E-state index is 5.86. The van der Waals surface area contributed by atoms with Crippen molar-refractivity contribution in [3.8, 4) is 0 Å². The SMILES string of the molecule is Clc1ccc(N2CCN(Cc3cn[nH]c3)CC2)nc1. The van der Waals surface area contributed by atoms with Crippen LogP contribution in [0.3, 0.4) is 0 Å². The molecule has 0 bridgehead atoms. The molecule has 1 N–H and O–H groups in total. The summed E-state index contributed by atoms with van der Waals surface area (Å²) in [5.41, 5.74) is 1.23. The molecule has 100 valence electrons. The first kappa shape index (κ1) is 12.4. The van der Waals surface area contributed by atoms with Gasteiger partial charge >= 0.3 is 0 Å². The Labute approximate surface area is 117 Å². The van der Waals surface area contributed by atoms with Crippen molar-refractivity contribution in [1.82, 2.24) is 20.1 Å². The molecule has 0 atom stereocenters. The zero-order valence-electron chi connectivity index (χ0n) is 10.6. The average molecular weight is 278 g/mol. The van der Waals surface area contributed by atoms with Crippen LogP contribution in [0.15, 0.2) is 30.7 Å². The molecule has 6 heteroatoms. The molecular weight excluding hydrogens is 262 g/mol. The van der Waals surface area contributed by atoms with E-state index >= 15 is 0 Å². The first-order valence-corrected chi connectivity index (χ1v) is 6.75. The Kier molecular flexibility index (Phi) is 3.66. The number of nitrogens with one attached hydrogen (secondary N) is 1. The van der Waals surface area contributed by atoms with Crippen molar-refractivity contribution in [2.75, 3.05) is 31.1 Å². The van der Waals surface area contributed by atoms with Crippen LogP contribution in [0.4, 0.5) is 5.82 Å². The lowest BCUT2D eigenvalue weighted by molar-refractivity contribution is 0.249.